The van der Waals surface area contributed by atoms with Crippen LogP contribution >= 0.6 is 15.9 Å². The minimum absolute atomic E-state index is 0.0958. The van der Waals surface area contributed by atoms with Crippen LogP contribution in [-0.4, -0.2) is 15.1 Å². The lowest BCUT2D eigenvalue weighted by atomic mass is 10.2. The second kappa shape index (κ2) is 5.53. The third-order valence-corrected chi connectivity index (χ3v) is 3.61. The quantitative estimate of drug-likeness (QED) is 0.555. The van der Waals surface area contributed by atoms with Gasteiger partial charge >= 0.3 is 0 Å². The number of benzene rings is 2. The summed E-state index contributed by atoms with van der Waals surface area (Å²) in [6, 6.07) is 10.4. The van der Waals surface area contributed by atoms with Crippen LogP contribution in [0.25, 0.3) is 10.9 Å². The van der Waals surface area contributed by atoms with Crippen LogP contribution < -0.4 is 5.32 Å². The minimum atomic E-state index is -0.402. The van der Waals surface area contributed by atoms with Crippen LogP contribution in [0.15, 0.2) is 47.1 Å². The van der Waals surface area contributed by atoms with Gasteiger partial charge in [-0.15, -0.1) is 0 Å². The van der Waals surface area contributed by atoms with E-state index in [0.29, 0.717) is 6.54 Å². The number of rotatable bonds is 4. The zero-order valence-corrected chi connectivity index (χ0v) is 12.4. The van der Waals surface area contributed by atoms with Crippen LogP contribution in [0, 0.1) is 10.1 Å². The molecule has 6 nitrogen and oxygen atoms in total. The van der Waals surface area contributed by atoms with Gasteiger partial charge in [-0.05, 0) is 17.7 Å². The largest absolute Gasteiger partial charge is 0.380 e. The molecule has 3 aromatic rings. The molecule has 0 aliphatic heterocycles. The molecule has 0 saturated heterocycles. The number of H-pyrrole nitrogens is 1. The molecule has 7 heteroatoms. The molecule has 0 aliphatic carbocycles. The molecule has 2 N–H and O–H groups in total. The van der Waals surface area contributed by atoms with E-state index in [2.05, 4.69) is 31.4 Å². The van der Waals surface area contributed by atoms with Gasteiger partial charge in [-0.2, -0.15) is 5.10 Å². The van der Waals surface area contributed by atoms with Gasteiger partial charge in [0.25, 0.3) is 5.69 Å². The summed E-state index contributed by atoms with van der Waals surface area (Å²) in [6.07, 6.45) is 1.76. The Morgan fingerprint density at radius 2 is 2.05 bits per heavy atom. The van der Waals surface area contributed by atoms with E-state index >= 15 is 0 Å². The van der Waals surface area contributed by atoms with Crippen LogP contribution in [0.2, 0.25) is 0 Å². The summed E-state index contributed by atoms with van der Waals surface area (Å²) in [5.41, 5.74) is 2.96. The fourth-order valence-corrected chi connectivity index (χ4v) is 2.55. The van der Waals surface area contributed by atoms with E-state index in [4.69, 9.17) is 0 Å². The Labute approximate surface area is 128 Å². The van der Waals surface area contributed by atoms with Crippen molar-refractivity contribution >= 4 is 38.2 Å². The predicted molar refractivity (Wildman–Crippen MR) is 84.2 cm³/mol. The smallest absolute Gasteiger partial charge is 0.269 e. The Balaban J connectivity index is 1.80. The van der Waals surface area contributed by atoms with E-state index in [1.54, 1.807) is 18.3 Å². The van der Waals surface area contributed by atoms with Crippen molar-refractivity contribution in [1.29, 1.82) is 0 Å². The minimum Gasteiger partial charge on any atom is -0.380 e. The topological polar surface area (TPSA) is 83.9 Å². The Morgan fingerprint density at radius 3 is 2.76 bits per heavy atom. The number of nitro groups is 1. The molecular formula is C14H11BrN4O2. The monoisotopic (exact) mass is 346 g/mol. The first-order valence-electron chi connectivity index (χ1n) is 6.23. The number of anilines is 1. The summed E-state index contributed by atoms with van der Waals surface area (Å²) in [4.78, 5) is 10.2. The molecule has 0 bridgehead atoms. The Kier molecular flexibility index (Phi) is 3.57. The summed E-state index contributed by atoms with van der Waals surface area (Å²) in [7, 11) is 0. The van der Waals surface area contributed by atoms with E-state index < -0.39 is 4.92 Å². The second-order valence-electron chi connectivity index (χ2n) is 4.56. The maximum atomic E-state index is 10.6. The number of non-ortho nitro benzene ring substituents is 1. The maximum Gasteiger partial charge on any atom is 0.269 e. The molecule has 1 heterocycles. The molecular weight excluding hydrogens is 336 g/mol. The highest BCUT2D eigenvalue weighted by atomic mass is 79.9. The molecule has 0 saturated carbocycles. The van der Waals surface area contributed by atoms with Crippen LogP contribution in [0.4, 0.5) is 11.4 Å². The lowest BCUT2D eigenvalue weighted by Crippen LogP contribution is -2.00. The van der Waals surface area contributed by atoms with E-state index in [9.17, 15) is 10.1 Å². The van der Waals surface area contributed by atoms with Crippen LogP contribution in [0.1, 0.15) is 5.56 Å². The van der Waals surface area contributed by atoms with Crippen molar-refractivity contribution in [2.45, 2.75) is 6.54 Å². The lowest BCUT2D eigenvalue weighted by Gasteiger charge is -2.08. The number of fused-ring (bicyclic) bond motifs is 1. The fraction of sp³-hybridized carbons (Fsp3) is 0.0714. The zero-order chi connectivity index (χ0) is 14.8. The number of nitrogens with zero attached hydrogens (tertiary/aromatic N) is 2. The second-order valence-corrected chi connectivity index (χ2v) is 5.48. The number of halogens is 1. The van der Waals surface area contributed by atoms with Crippen LogP contribution in [-0.2, 0) is 6.54 Å². The van der Waals surface area contributed by atoms with Gasteiger partial charge in [0, 0.05) is 34.2 Å². The lowest BCUT2D eigenvalue weighted by molar-refractivity contribution is -0.384. The van der Waals surface area contributed by atoms with Crippen molar-refractivity contribution in [2.75, 3.05) is 5.32 Å². The van der Waals surface area contributed by atoms with Gasteiger partial charge in [-0.3, -0.25) is 15.2 Å². The first-order chi connectivity index (χ1) is 10.1. The van der Waals surface area contributed by atoms with E-state index in [1.807, 2.05) is 12.1 Å². The zero-order valence-electron chi connectivity index (χ0n) is 10.8. The summed E-state index contributed by atoms with van der Waals surface area (Å²) in [5, 5.41) is 21.9. The molecule has 0 atom stereocenters. The van der Waals surface area contributed by atoms with E-state index in [0.717, 1.165) is 26.6 Å². The molecule has 3 rings (SSSR count). The van der Waals surface area contributed by atoms with Crippen molar-refractivity contribution < 1.29 is 4.92 Å². The third kappa shape index (κ3) is 2.87. The van der Waals surface area contributed by atoms with Gasteiger partial charge in [0.2, 0.25) is 0 Å². The van der Waals surface area contributed by atoms with Gasteiger partial charge in [-0.25, -0.2) is 0 Å². The van der Waals surface area contributed by atoms with Gasteiger partial charge in [0.15, 0.2) is 0 Å². The van der Waals surface area contributed by atoms with Gasteiger partial charge in [0.1, 0.15) is 0 Å². The van der Waals surface area contributed by atoms with Crippen molar-refractivity contribution in [3.63, 3.8) is 0 Å². The standard InChI is InChI=1S/C14H11BrN4O2/c15-10-5-13(12-8-17-18-14(12)6-10)16-7-9-1-3-11(4-2-9)19(20)21/h1-6,8,16H,7H2,(H,17,18). The molecule has 0 fully saturated rings. The molecule has 0 spiro atoms. The highest BCUT2D eigenvalue weighted by Gasteiger charge is 2.06. The normalized spacial score (nSPS) is 10.7. The average molecular weight is 347 g/mol. The number of aromatic nitrogens is 2. The molecule has 0 aliphatic rings. The summed E-state index contributed by atoms with van der Waals surface area (Å²) < 4.78 is 0.949. The first kappa shape index (κ1) is 13.6. The molecule has 2 aromatic carbocycles. The summed E-state index contributed by atoms with van der Waals surface area (Å²) >= 11 is 3.46. The third-order valence-electron chi connectivity index (χ3n) is 3.15. The maximum absolute atomic E-state index is 10.6. The Bertz CT molecular complexity index is 798. The SMILES string of the molecule is O=[N+]([O-])c1ccc(CNc2cc(Br)cc3[nH]ncc23)cc1. The summed E-state index contributed by atoms with van der Waals surface area (Å²) in [5.74, 6) is 0. The van der Waals surface area contributed by atoms with Crippen LogP contribution in [0.5, 0.6) is 0 Å². The molecule has 106 valence electrons. The molecule has 0 radical (unpaired) electrons. The van der Waals surface area contributed by atoms with Crippen LogP contribution in [0.3, 0.4) is 0 Å². The number of aromatic amines is 1. The number of hydrogen-bond donors (Lipinski definition) is 2. The Morgan fingerprint density at radius 1 is 1.29 bits per heavy atom. The molecule has 1 aromatic heterocycles. The average Bonchev–Trinajstić information content (AvgIpc) is 2.93. The number of nitro benzene ring substituents is 1. The molecule has 0 amide bonds. The van der Waals surface area contributed by atoms with Gasteiger partial charge in [0.05, 0.1) is 16.6 Å². The van der Waals surface area contributed by atoms with Crippen molar-refractivity contribution in [2.24, 2.45) is 0 Å². The highest BCUT2D eigenvalue weighted by molar-refractivity contribution is 9.10. The van der Waals surface area contributed by atoms with Crippen molar-refractivity contribution in [3.8, 4) is 0 Å². The first-order valence-corrected chi connectivity index (χ1v) is 7.02. The van der Waals surface area contributed by atoms with E-state index in [-0.39, 0.29) is 5.69 Å². The Hall–Kier alpha value is -2.41. The summed E-state index contributed by atoms with van der Waals surface area (Å²) in [6.45, 7) is 0.578. The molecule has 0 unspecified atom stereocenters. The molecule has 21 heavy (non-hydrogen) atoms. The number of nitrogens with one attached hydrogen (secondary N) is 2. The van der Waals surface area contributed by atoms with Gasteiger partial charge in [-0.1, -0.05) is 28.1 Å². The van der Waals surface area contributed by atoms with Crippen molar-refractivity contribution in [3.05, 3.63) is 62.7 Å². The van der Waals surface area contributed by atoms with Gasteiger partial charge < -0.3 is 5.32 Å². The number of hydrogen-bond acceptors (Lipinski definition) is 4. The highest BCUT2D eigenvalue weighted by Crippen LogP contribution is 2.27. The fourth-order valence-electron chi connectivity index (χ4n) is 2.10. The predicted octanol–water partition coefficient (Wildman–Crippen LogP) is 3.85. The van der Waals surface area contributed by atoms with Crippen molar-refractivity contribution in [1.82, 2.24) is 10.2 Å². The van der Waals surface area contributed by atoms with E-state index in [1.165, 1.54) is 12.1 Å².